The Hall–Kier alpha value is -2.38. The van der Waals surface area contributed by atoms with E-state index in [-0.39, 0.29) is 22.7 Å². The maximum Gasteiger partial charge on any atom is 0.416 e. The van der Waals surface area contributed by atoms with Gasteiger partial charge in [0.05, 0.1) is 5.56 Å². The zero-order chi connectivity index (χ0) is 24.5. The maximum atomic E-state index is 13.1. The van der Waals surface area contributed by atoms with E-state index in [2.05, 4.69) is 34.5 Å². The van der Waals surface area contributed by atoms with Crippen LogP contribution in [0.3, 0.4) is 0 Å². The summed E-state index contributed by atoms with van der Waals surface area (Å²) in [6.45, 7) is 4.46. The standard InChI is InChI=1S/C28H33F3N2O2/c29-28(30,31)23-8-6-21(7-9-23)19-33-14-10-26(11-15-33)18-24(26)25(34)32-20-27(12-16-35-17-13-27)22-4-2-1-3-5-22/h1-9,24H,10-20H2,(H,32,34). The minimum Gasteiger partial charge on any atom is -0.381 e. The molecule has 2 heterocycles. The fourth-order valence-corrected chi connectivity index (χ4v) is 5.99. The van der Waals surface area contributed by atoms with Gasteiger partial charge < -0.3 is 10.1 Å². The third kappa shape index (κ3) is 5.26. The molecule has 2 saturated heterocycles. The molecule has 0 aromatic heterocycles. The molecule has 0 bridgehead atoms. The van der Waals surface area contributed by atoms with Crippen molar-refractivity contribution in [1.82, 2.24) is 10.2 Å². The van der Waals surface area contributed by atoms with Gasteiger partial charge in [0.15, 0.2) is 0 Å². The predicted octanol–water partition coefficient (Wildman–Crippen LogP) is 5.17. The van der Waals surface area contributed by atoms with Gasteiger partial charge in [0, 0.05) is 37.6 Å². The minimum absolute atomic E-state index is 0.0672. The number of benzene rings is 2. The second kappa shape index (κ2) is 9.58. The number of rotatable bonds is 6. The number of nitrogens with zero attached hydrogens (tertiary/aromatic N) is 1. The van der Waals surface area contributed by atoms with Crippen molar-refractivity contribution in [1.29, 1.82) is 0 Å². The third-order valence-corrected chi connectivity index (χ3v) is 8.48. The van der Waals surface area contributed by atoms with Crippen molar-refractivity contribution in [2.45, 2.75) is 50.2 Å². The number of amides is 1. The zero-order valence-electron chi connectivity index (χ0n) is 19.9. The average Bonchev–Trinajstić information content (AvgIpc) is 3.58. The summed E-state index contributed by atoms with van der Waals surface area (Å²) in [6, 6.07) is 15.9. The molecular formula is C28H33F3N2O2. The van der Waals surface area contributed by atoms with Crippen molar-refractivity contribution in [3.05, 3.63) is 71.3 Å². The molecule has 1 amide bonds. The van der Waals surface area contributed by atoms with E-state index in [1.807, 2.05) is 6.07 Å². The van der Waals surface area contributed by atoms with Crippen LogP contribution < -0.4 is 5.32 Å². The first-order chi connectivity index (χ1) is 16.8. The number of carbonyl (C=O) groups excluding carboxylic acids is 1. The zero-order valence-corrected chi connectivity index (χ0v) is 19.9. The molecule has 2 aliphatic heterocycles. The van der Waals surface area contributed by atoms with E-state index >= 15 is 0 Å². The number of hydrogen-bond donors (Lipinski definition) is 1. The summed E-state index contributed by atoms with van der Waals surface area (Å²) in [5, 5.41) is 3.29. The lowest BCUT2D eigenvalue weighted by molar-refractivity contribution is -0.137. The molecule has 1 spiro atoms. The van der Waals surface area contributed by atoms with Crippen LogP contribution in [0.4, 0.5) is 13.2 Å². The molecule has 2 aromatic rings. The smallest absolute Gasteiger partial charge is 0.381 e. The van der Waals surface area contributed by atoms with Crippen molar-refractivity contribution in [2.24, 2.45) is 11.3 Å². The number of halogens is 3. The van der Waals surface area contributed by atoms with Gasteiger partial charge in [0.2, 0.25) is 5.91 Å². The van der Waals surface area contributed by atoms with Crippen LogP contribution >= 0.6 is 0 Å². The van der Waals surface area contributed by atoms with Crippen molar-refractivity contribution in [3.8, 4) is 0 Å². The first kappa shape index (κ1) is 24.3. The molecule has 1 unspecified atom stereocenters. The summed E-state index contributed by atoms with van der Waals surface area (Å²) in [4.78, 5) is 15.4. The number of piperidine rings is 1. The second-order valence-electron chi connectivity index (χ2n) is 10.6. The summed E-state index contributed by atoms with van der Waals surface area (Å²) in [6.07, 6.45) is 0.377. The van der Waals surface area contributed by atoms with Crippen LogP contribution in [0.2, 0.25) is 0 Å². The van der Waals surface area contributed by atoms with Gasteiger partial charge in [-0.1, -0.05) is 42.5 Å². The first-order valence-corrected chi connectivity index (χ1v) is 12.6. The van der Waals surface area contributed by atoms with Crippen molar-refractivity contribution in [3.63, 3.8) is 0 Å². The van der Waals surface area contributed by atoms with E-state index in [0.717, 1.165) is 62.9 Å². The molecule has 3 aliphatic rings. The largest absolute Gasteiger partial charge is 0.416 e. The number of ether oxygens (including phenoxy) is 1. The Bertz CT molecular complexity index is 1010. The predicted molar refractivity (Wildman–Crippen MR) is 128 cm³/mol. The topological polar surface area (TPSA) is 41.6 Å². The molecule has 3 fully saturated rings. The molecule has 188 valence electrons. The number of hydrogen-bond acceptors (Lipinski definition) is 3. The molecule has 1 aliphatic carbocycles. The van der Waals surface area contributed by atoms with Crippen LogP contribution in [0.1, 0.15) is 48.8 Å². The van der Waals surface area contributed by atoms with E-state index in [0.29, 0.717) is 26.3 Å². The molecule has 7 heteroatoms. The molecule has 2 aromatic carbocycles. The normalized spacial score (nSPS) is 23.7. The highest BCUT2D eigenvalue weighted by Gasteiger charge is 2.58. The lowest BCUT2D eigenvalue weighted by Gasteiger charge is -2.38. The van der Waals surface area contributed by atoms with Crippen molar-refractivity contribution >= 4 is 5.91 Å². The molecule has 4 nitrogen and oxygen atoms in total. The number of nitrogens with one attached hydrogen (secondary N) is 1. The number of carbonyl (C=O) groups is 1. The van der Waals surface area contributed by atoms with Gasteiger partial charge in [-0.15, -0.1) is 0 Å². The van der Waals surface area contributed by atoms with Gasteiger partial charge in [-0.2, -0.15) is 13.2 Å². The van der Waals surface area contributed by atoms with E-state index in [4.69, 9.17) is 4.74 Å². The summed E-state index contributed by atoms with van der Waals surface area (Å²) in [5.74, 6) is 0.242. The number of alkyl halides is 3. The first-order valence-electron chi connectivity index (χ1n) is 12.6. The SMILES string of the molecule is O=C(NCC1(c2ccccc2)CCOCC1)C1CC12CCN(Cc1ccc(C(F)(F)F)cc1)CC2. The van der Waals surface area contributed by atoms with Crippen molar-refractivity contribution < 1.29 is 22.7 Å². The lowest BCUT2D eigenvalue weighted by atomic mass is 9.74. The monoisotopic (exact) mass is 486 g/mol. The Morgan fingerprint density at radius 2 is 1.63 bits per heavy atom. The average molecular weight is 487 g/mol. The van der Waals surface area contributed by atoms with Crippen molar-refractivity contribution in [2.75, 3.05) is 32.8 Å². The fourth-order valence-electron chi connectivity index (χ4n) is 5.99. The lowest BCUT2D eigenvalue weighted by Crippen LogP contribution is -2.45. The van der Waals surface area contributed by atoms with Crippen LogP contribution in [0.25, 0.3) is 0 Å². The van der Waals surface area contributed by atoms with Crippen LogP contribution in [0.15, 0.2) is 54.6 Å². The Balaban J connectivity index is 1.12. The summed E-state index contributed by atoms with van der Waals surface area (Å²) in [5.41, 5.74) is 1.58. The molecule has 1 saturated carbocycles. The van der Waals surface area contributed by atoms with Gasteiger partial charge in [0.25, 0.3) is 0 Å². The minimum atomic E-state index is -4.30. The van der Waals surface area contributed by atoms with Crippen LogP contribution in [0.5, 0.6) is 0 Å². The Morgan fingerprint density at radius 3 is 2.26 bits per heavy atom. The van der Waals surface area contributed by atoms with Gasteiger partial charge in [0.1, 0.15) is 0 Å². The van der Waals surface area contributed by atoms with E-state index in [1.165, 1.54) is 5.56 Å². The van der Waals surface area contributed by atoms with E-state index < -0.39 is 11.7 Å². The highest BCUT2D eigenvalue weighted by Crippen LogP contribution is 2.59. The van der Waals surface area contributed by atoms with Crippen LogP contribution in [-0.2, 0) is 27.7 Å². The Labute approximate surface area is 204 Å². The number of likely N-dealkylation sites (tertiary alicyclic amines) is 1. The van der Waals surface area contributed by atoms with Crippen LogP contribution in [-0.4, -0.2) is 43.7 Å². The quantitative estimate of drug-likeness (QED) is 0.613. The summed E-state index contributed by atoms with van der Waals surface area (Å²) in [7, 11) is 0. The van der Waals surface area contributed by atoms with Gasteiger partial charge >= 0.3 is 6.18 Å². The third-order valence-electron chi connectivity index (χ3n) is 8.48. The molecule has 35 heavy (non-hydrogen) atoms. The maximum absolute atomic E-state index is 13.1. The van der Waals surface area contributed by atoms with E-state index in [9.17, 15) is 18.0 Å². The molecule has 1 N–H and O–H groups in total. The summed E-state index contributed by atoms with van der Waals surface area (Å²) >= 11 is 0. The van der Waals surface area contributed by atoms with Gasteiger partial charge in [-0.05, 0) is 73.9 Å². The second-order valence-corrected chi connectivity index (χ2v) is 10.6. The summed E-state index contributed by atoms with van der Waals surface area (Å²) < 4.78 is 44.0. The molecule has 5 rings (SSSR count). The fraction of sp³-hybridized carbons (Fsp3) is 0.536. The Kier molecular flexibility index (Phi) is 6.66. The molecule has 1 atom stereocenters. The molecule has 0 radical (unpaired) electrons. The highest BCUT2D eigenvalue weighted by atomic mass is 19.4. The van der Waals surface area contributed by atoms with Gasteiger partial charge in [-0.3, -0.25) is 9.69 Å². The van der Waals surface area contributed by atoms with Gasteiger partial charge in [-0.25, -0.2) is 0 Å². The van der Waals surface area contributed by atoms with Crippen LogP contribution in [0, 0.1) is 11.3 Å². The Morgan fingerprint density at radius 1 is 0.971 bits per heavy atom. The highest BCUT2D eigenvalue weighted by molar-refractivity contribution is 5.82. The molecular weight excluding hydrogens is 453 g/mol. The van der Waals surface area contributed by atoms with E-state index in [1.54, 1.807) is 12.1 Å².